The Morgan fingerprint density at radius 2 is 1.65 bits per heavy atom. The zero-order valence-corrected chi connectivity index (χ0v) is 9.62. The lowest BCUT2D eigenvalue weighted by Crippen LogP contribution is -2.46. The van der Waals surface area contributed by atoms with Gasteiger partial charge in [-0.1, -0.05) is 12.1 Å². The number of hydrogen-bond donors (Lipinski definition) is 1. The Morgan fingerprint density at radius 3 is 2.12 bits per heavy atom. The zero-order chi connectivity index (χ0) is 13.4. The number of benzene rings is 1. The first kappa shape index (κ1) is 14.3. The summed E-state index contributed by atoms with van der Waals surface area (Å²) in [5, 5.41) is 0. The lowest BCUT2D eigenvalue weighted by molar-refractivity contribution is -0.291. The van der Waals surface area contributed by atoms with Gasteiger partial charge in [-0.2, -0.15) is 22.0 Å². The van der Waals surface area contributed by atoms with Crippen LogP contribution < -0.4 is 5.73 Å². The van der Waals surface area contributed by atoms with Gasteiger partial charge in [-0.05, 0) is 27.6 Å². The third kappa shape index (κ3) is 2.57. The van der Waals surface area contributed by atoms with Gasteiger partial charge < -0.3 is 5.73 Å². The van der Waals surface area contributed by atoms with Crippen molar-refractivity contribution in [3.05, 3.63) is 34.1 Å². The van der Waals surface area contributed by atoms with E-state index in [4.69, 9.17) is 5.73 Å². The zero-order valence-electron chi connectivity index (χ0n) is 8.03. The van der Waals surface area contributed by atoms with Crippen molar-refractivity contribution in [1.82, 2.24) is 0 Å². The van der Waals surface area contributed by atoms with E-state index < -0.39 is 34.0 Å². The molecule has 8 heteroatoms. The van der Waals surface area contributed by atoms with E-state index in [1.807, 2.05) is 0 Å². The molecule has 1 aromatic rings. The molecule has 0 bridgehead atoms. The van der Waals surface area contributed by atoms with Crippen molar-refractivity contribution in [3.63, 3.8) is 0 Å². The van der Waals surface area contributed by atoms with Gasteiger partial charge in [0, 0.05) is 0 Å². The molecule has 1 atom stereocenters. The van der Waals surface area contributed by atoms with Crippen LogP contribution in [0.5, 0.6) is 0 Å². The smallest absolute Gasteiger partial charge is 0.319 e. The van der Waals surface area contributed by atoms with Gasteiger partial charge in [0.1, 0.15) is 11.9 Å². The highest BCUT2D eigenvalue weighted by molar-refractivity contribution is 9.10. The highest BCUT2D eigenvalue weighted by Crippen LogP contribution is 2.44. The van der Waals surface area contributed by atoms with Gasteiger partial charge in [0.25, 0.3) is 0 Å². The second-order valence-corrected chi connectivity index (χ2v) is 4.03. The lowest BCUT2D eigenvalue weighted by Gasteiger charge is -2.26. The minimum atomic E-state index is -5.79. The monoisotopic (exact) mass is 321 g/mol. The molecule has 2 N–H and O–H groups in total. The summed E-state index contributed by atoms with van der Waals surface area (Å²) in [6, 6.07) is 0.137. The summed E-state index contributed by atoms with van der Waals surface area (Å²) in [4.78, 5) is 0. The lowest BCUT2D eigenvalue weighted by atomic mass is 10.0. The van der Waals surface area contributed by atoms with E-state index in [0.29, 0.717) is 0 Å². The fraction of sp³-hybridized carbons (Fsp3) is 0.333. The summed E-state index contributed by atoms with van der Waals surface area (Å²) in [7, 11) is 0. The molecule has 96 valence electrons. The summed E-state index contributed by atoms with van der Waals surface area (Å²) in [5.74, 6) is -6.10. The SMILES string of the molecule is N[C@@H](c1cccc(F)c1Br)C(F)(F)C(F)(F)F. The van der Waals surface area contributed by atoms with Crippen LogP contribution in [-0.2, 0) is 0 Å². The molecule has 0 saturated carbocycles. The van der Waals surface area contributed by atoms with E-state index in [0.717, 1.165) is 18.2 Å². The molecular formula is C9H6BrF6N. The maximum atomic E-state index is 13.0. The summed E-state index contributed by atoms with van der Waals surface area (Å²) in [5.41, 5.74) is 4.22. The van der Waals surface area contributed by atoms with Gasteiger partial charge in [-0.15, -0.1) is 0 Å². The maximum absolute atomic E-state index is 13.0. The Balaban J connectivity index is 3.22. The first-order valence-electron chi connectivity index (χ1n) is 4.23. The second kappa shape index (κ2) is 4.49. The molecule has 0 aliphatic carbocycles. The molecule has 0 radical (unpaired) electrons. The number of alkyl halides is 5. The highest BCUT2D eigenvalue weighted by Gasteiger charge is 2.62. The van der Waals surface area contributed by atoms with Gasteiger partial charge in [-0.25, -0.2) is 4.39 Å². The van der Waals surface area contributed by atoms with E-state index >= 15 is 0 Å². The summed E-state index contributed by atoms with van der Waals surface area (Å²) < 4.78 is 74.5. The van der Waals surface area contributed by atoms with Gasteiger partial charge in [0.2, 0.25) is 0 Å². The van der Waals surface area contributed by atoms with E-state index in [9.17, 15) is 26.3 Å². The highest BCUT2D eigenvalue weighted by atomic mass is 79.9. The van der Waals surface area contributed by atoms with Gasteiger partial charge in [0.15, 0.2) is 0 Å². The van der Waals surface area contributed by atoms with Crippen LogP contribution in [-0.4, -0.2) is 12.1 Å². The first-order chi connectivity index (χ1) is 7.59. The fourth-order valence-electron chi connectivity index (χ4n) is 1.13. The van der Waals surface area contributed by atoms with Gasteiger partial charge in [0.05, 0.1) is 4.47 Å². The quantitative estimate of drug-likeness (QED) is 0.824. The van der Waals surface area contributed by atoms with Crippen LogP contribution in [0.15, 0.2) is 22.7 Å². The Labute approximate surface area is 101 Å². The van der Waals surface area contributed by atoms with Crippen LogP contribution in [0, 0.1) is 5.82 Å². The number of halogens is 7. The standard InChI is InChI=1S/C9H6BrF6N/c10-6-4(2-1-3-5(6)11)7(17)8(12,13)9(14,15)16/h1-3,7H,17H2/t7-/m0/s1. The van der Waals surface area contributed by atoms with Gasteiger partial charge in [-0.3, -0.25) is 0 Å². The summed E-state index contributed by atoms with van der Waals surface area (Å²) in [6.07, 6.45) is -5.79. The van der Waals surface area contributed by atoms with Crippen LogP contribution in [0.1, 0.15) is 11.6 Å². The molecule has 1 nitrogen and oxygen atoms in total. The van der Waals surface area contributed by atoms with E-state index in [-0.39, 0.29) is 0 Å². The average Bonchev–Trinajstić information content (AvgIpc) is 2.19. The van der Waals surface area contributed by atoms with E-state index in [2.05, 4.69) is 15.9 Å². The molecular weight excluding hydrogens is 316 g/mol. The molecule has 0 fully saturated rings. The third-order valence-electron chi connectivity index (χ3n) is 2.09. The van der Waals surface area contributed by atoms with Crippen molar-refractivity contribution in [2.45, 2.75) is 18.1 Å². The molecule has 0 spiro atoms. The molecule has 1 aromatic carbocycles. The van der Waals surface area contributed by atoms with Gasteiger partial charge >= 0.3 is 12.1 Å². The predicted molar refractivity (Wildman–Crippen MR) is 52.0 cm³/mol. The van der Waals surface area contributed by atoms with Crippen LogP contribution in [0.25, 0.3) is 0 Å². The Bertz CT molecular complexity index is 416. The van der Waals surface area contributed by atoms with Crippen molar-refractivity contribution in [1.29, 1.82) is 0 Å². The molecule has 0 aliphatic rings. The average molecular weight is 322 g/mol. The van der Waals surface area contributed by atoms with Crippen molar-refractivity contribution < 1.29 is 26.3 Å². The van der Waals surface area contributed by atoms with Crippen molar-refractivity contribution in [2.24, 2.45) is 5.73 Å². The predicted octanol–water partition coefficient (Wildman–Crippen LogP) is 3.79. The fourth-order valence-corrected chi connectivity index (χ4v) is 1.64. The van der Waals surface area contributed by atoms with E-state index in [1.54, 1.807) is 0 Å². The Hall–Kier alpha value is -0.760. The normalized spacial score (nSPS) is 14.8. The molecule has 0 amide bonds. The Kier molecular flexibility index (Phi) is 3.78. The van der Waals surface area contributed by atoms with Crippen molar-refractivity contribution in [2.75, 3.05) is 0 Å². The van der Waals surface area contributed by atoms with Crippen LogP contribution in [0.2, 0.25) is 0 Å². The van der Waals surface area contributed by atoms with Crippen molar-refractivity contribution in [3.8, 4) is 0 Å². The maximum Gasteiger partial charge on any atom is 0.455 e. The summed E-state index contributed by atoms with van der Waals surface area (Å²) >= 11 is 2.58. The van der Waals surface area contributed by atoms with Crippen molar-refractivity contribution >= 4 is 15.9 Å². The minimum Gasteiger partial charge on any atom is -0.319 e. The molecule has 0 saturated heterocycles. The molecule has 0 aromatic heterocycles. The van der Waals surface area contributed by atoms with Crippen LogP contribution in [0.4, 0.5) is 26.3 Å². The van der Waals surface area contributed by atoms with Crippen LogP contribution in [0.3, 0.4) is 0 Å². The minimum absolute atomic E-state index is 0.503. The summed E-state index contributed by atoms with van der Waals surface area (Å²) in [6.45, 7) is 0. The van der Waals surface area contributed by atoms with Crippen LogP contribution >= 0.6 is 15.9 Å². The third-order valence-corrected chi connectivity index (χ3v) is 2.92. The number of rotatable bonds is 2. The molecule has 17 heavy (non-hydrogen) atoms. The molecule has 0 heterocycles. The number of hydrogen-bond acceptors (Lipinski definition) is 1. The second-order valence-electron chi connectivity index (χ2n) is 3.24. The Morgan fingerprint density at radius 1 is 1.12 bits per heavy atom. The largest absolute Gasteiger partial charge is 0.455 e. The molecule has 0 aliphatic heterocycles. The first-order valence-corrected chi connectivity index (χ1v) is 5.02. The number of nitrogens with two attached hydrogens (primary N) is 1. The molecule has 0 unspecified atom stereocenters. The van der Waals surface area contributed by atoms with E-state index in [1.165, 1.54) is 0 Å². The topological polar surface area (TPSA) is 26.0 Å². The molecule has 1 rings (SSSR count).